The maximum atomic E-state index is 13.0. The molecule has 0 radical (unpaired) electrons. The number of epoxide rings is 1. The van der Waals surface area contributed by atoms with E-state index in [1.54, 1.807) is 12.1 Å². The van der Waals surface area contributed by atoms with Crippen molar-refractivity contribution < 1.29 is 23.0 Å². The van der Waals surface area contributed by atoms with Crippen LogP contribution >= 0.6 is 23.2 Å². The van der Waals surface area contributed by atoms with Gasteiger partial charge in [-0.15, -0.1) is 0 Å². The van der Waals surface area contributed by atoms with Gasteiger partial charge in [0.05, 0.1) is 17.2 Å². The number of aliphatic hydroxyl groups excluding tert-OH is 1. The van der Waals surface area contributed by atoms with Crippen molar-refractivity contribution >= 4 is 40.1 Å². The molecule has 2 atom stereocenters. The maximum absolute atomic E-state index is 13.0. The largest absolute Gasteiger partial charge is 0.416 e. The van der Waals surface area contributed by atoms with E-state index in [1.807, 2.05) is 0 Å². The number of ether oxygens (including phenoxy) is 1. The second-order valence-corrected chi connectivity index (χ2v) is 6.58. The van der Waals surface area contributed by atoms with E-state index in [0.717, 1.165) is 12.1 Å². The van der Waals surface area contributed by atoms with Crippen molar-refractivity contribution in [3.8, 4) is 0 Å². The van der Waals surface area contributed by atoms with Gasteiger partial charge in [0.15, 0.2) is 5.06 Å². The van der Waals surface area contributed by atoms with Gasteiger partial charge in [-0.05, 0) is 46.2 Å². The van der Waals surface area contributed by atoms with Crippen LogP contribution in [0.25, 0.3) is 16.8 Å². The minimum Gasteiger partial charge on any atom is -0.392 e. The molecule has 2 aromatic carbocycles. The molecule has 1 N–H and O–H groups in total. The predicted octanol–water partition coefficient (Wildman–Crippen LogP) is 4.73. The monoisotopic (exact) mass is 360 g/mol. The fourth-order valence-corrected chi connectivity index (χ4v) is 3.78. The number of fused-ring (bicyclic) bond motifs is 5. The van der Waals surface area contributed by atoms with Crippen LogP contribution in [0.3, 0.4) is 0 Å². The summed E-state index contributed by atoms with van der Waals surface area (Å²) in [7, 11) is 0. The summed E-state index contributed by atoms with van der Waals surface area (Å²) in [6, 6.07) is 5.07. The van der Waals surface area contributed by atoms with E-state index in [4.69, 9.17) is 27.9 Å². The maximum Gasteiger partial charge on any atom is 0.416 e. The van der Waals surface area contributed by atoms with Crippen LogP contribution in [0.1, 0.15) is 22.3 Å². The highest BCUT2D eigenvalue weighted by Crippen LogP contribution is 2.59. The van der Waals surface area contributed by atoms with Crippen LogP contribution in [0.5, 0.6) is 0 Å². The van der Waals surface area contributed by atoms with E-state index in [1.165, 1.54) is 6.07 Å². The second kappa shape index (κ2) is 4.63. The van der Waals surface area contributed by atoms with Crippen LogP contribution in [-0.2, 0) is 22.6 Å². The smallest absolute Gasteiger partial charge is 0.392 e. The molecule has 23 heavy (non-hydrogen) atoms. The Morgan fingerprint density at radius 1 is 1.22 bits per heavy atom. The molecule has 4 rings (SSSR count). The van der Waals surface area contributed by atoms with Crippen LogP contribution in [0.2, 0.25) is 0 Å². The van der Waals surface area contributed by atoms with E-state index in [9.17, 15) is 18.3 Å². The van der Waals surface area contributed by atoms with Crippen molar-refractivity contribution in [1.29, 1.82) is 0 Å². The zero-order chi connectivity index (χ0) is 16.6. The van der Waals surface area contributed by atoms with E-state index in [2.05, 4.69) is 0 Å². The summed E-state index contributed by atoms with van der Waals surface area (Å²) in [5, 5.41) is 9.61. The number of aliphatic hydroxyl groups is 1. The highest BCUT2D eigenvalue weighted by molar-refractivity contribution is 6.36. The zero-order valence-corrected chi connectivity index (χ0v) is 12.9. The van der Waals surface area contributed by atoms with Gasteiger partial charge in [0.1, 0.15) is 6.10 Å². The number of hydrogen-bond donors (Lipinski definition) is 1. The molecule has 2 aliphatic rings. The van der Waals surface area contributed by atoms with Gasteiger partial charge in [0, 0.05) is 5.56 Å². The Morgan fingerprint density at radius 3 is 2.61 bits per heavy atom. The Kier molecular flexibility index (Phi) is 3.08. The molecule has 1 aliphatic carbocycles. The van der Waals surface area contributed by atoms with Gasteiger partial charge in [0.2, 0.25) is 0 Å². The molecule has 1 aliphatic heterocycles. The minimum atomic E-state index is -4.46. The molecule has 0 bridgehead atoms. The Labute approximate surface area is 139 Å². The first-order valence-electron chi connectivity index (χ1n) is 6.77. The van der Waals surface area contributed by atoms with E-state index in [0.29, 0.717) is 32.5 Å². The Balaban J connectivity index is 2.09. The van der Waals surface area contributed by atoms with Crippen molar-refractivity contribution in [3.05, 3.63) is 51.6 Å². The van der Waals surface area contributed by atoms with Gasteiger partial charge >= 0.3 is 6.18 Å². The normalized spacial score (nSPS) is 25.8. The fraction of sp³-hybridized carbons (Fsp3) is 0.250. The summed E-state index contributed by atoms with van der Waals surface area (Å²) in [5.41, 5.74) is 0.754. The third-order valence-electron chi connectivity index (χ3n) is 4.23. The van der Waals surface area contributed by atoms with Crippen molar-refractivity contribution in [2.45, 2.75) is 23.9 Å². The quantitative estimate of drug-likeness (QED) is 0.588. The second-order valence-electron chi connectivity index (χ2n) is 5.59. The lowest BCUT2D eigenvalue weighted by atomic mass is 9.88. The van der Waals surface area contributed by atoms with E-state index in [-0.39, 0.29) is 6.61 Å². The summed E-state index contributed by atoms with van der Waals surface area (Å²) in [5.74, 6) is 0. The highest BCUT2D eigenvalue weighted by atomic mass is 35.5. The Morgan fingerprint density at radius 2 is 1.96 bits per heavy atom. The lowest BCUT2D eigenvalue weighted by Gasteiger charge is -2.20. The summed E-state index contributed by atoms with van der Waals surface area (Å²) in [6.07, 6.45) is -3.37. The van der Waals surface area contributed by atoms with Gasteiger partial charge in [0.25, 0.3) is 0 Å². The third kappa shape index (κ3) is 2.11. The predicted molar refractivity (Wildman–Crippen MR) is 81.1 cm³/mol. The number of rotatable bonds is 1. The van der Waals surface area contributed by atoms with Crippen molar-refractivity contribution in [1.82, 2.24) is 0 Å². The first kappa shape index (κ1) is 15.3. The number of halogens is 5. The lowest BCUT2D eigenvalue weighted by molar-refractivity contribution is -0.137. The van der Waals surface area contributed by atoms with E-state index >= 15 is 0 Å². The van der Waals surface area contributed by atoms with Crippen LogP contribution in [0, 0.1) is 0 Å². The Hall–Kier alpha value is -1.27. The van der Waals surface area contributed by atoms with Crippen LogP contribution in [0.15, 0.2) is 29.3 Å². The average molecular weight is 361 g/mol. The number of hydrogen-bond acceptors (Lipinski definition) is 2. The summed E-state index contributed by atoms with van der Waals surface area (Å²) in [4.78, 5) is 0. The van der Waals surface area contributed by atoms with E-state index < -0.39 is 22.9 Å². The van der Waals surface area contributed by atoms with Gasteiger partial charge in [-0.2, -0.15) is 13.2 Å². The molecule has 2 nitrogen and oxygen atoms in total. The first-order chi connectivity index (χ1) is 10.8. The van der Waals surface area contributed by atoms with Crippen LogP contribution < -0.4 is 0 Å². The molecule has 1 fully saturated rings. The van der Waals surface area contributed by atoms with Gasteiger partial charge in [-0.1, -0.05) is 29.3 Å². The zero-order valence-electron chi connectivity index (χ0n) is 11.4. The molecule has 0 spiro atoms. The van der Waals surface area contributed by atoms with Crippen molar-refractivity contribution in [3.63, 3.8) is 0 Å². The third-order valence-corrected chi connectivity index (χ3v) is 5.03. The molecule has 7 heteroatoms. The number of alkyl halides is 4. The average Bonchev–Trinajstić information content (AvgIpc) is 3.20. The highest BCUT2D eigenvalue weighted by Gasteiger charge is 2.61. The molecule has 0 saturated carbocycles. The first-order valence-corrected chi connectivity index (χ1v) is 7.53. The molecule has 120 valence electrons. The van der Waals surface area contributed by atoms with Crippen LogP contribution in [0.4, 0.5) is 13.2 Å². The number of benzene rings is 2. The topological polar surface area (TPSA) is 32.8 Å². The molecule has 1 heterocycles. The molecule has 0 amide bonds. The fourth-order valence-electron chi connectivity index (χ4n) is 3.06. The molecular weight excluding hydrogens is 352 g/mol. The Bertz CT molecular complexity index is 876. The summed E-state index contributed by atoms with van der Waals surface area (Å²) in [6.45, 7) is -0.315. The van der Waals surface area contributed by atoms with Crippen LogP contribution in [-0.4, -0.2) is 11.2 Å². The minimum absolute atomic E-state index is 0.315. The molecule has 2 unspecified atom stereocenters. The van der Waals surface area contributed by atoms with Crippen molar-refractivity contribution in [2.24, 2.45) is 0 Å². The molecule has 1 saturated heterocycles. The van der Waals surface area contributed by atoms with Crippen molar-refractivity contribution in [2.75, 3.05) is 0 Å². The molecular formula is C16H9Cl2F3O2. The van der Waals surface area contributed by atoms with Gasteiger partial charge < -0.3 is 9.84 Å². The van der Waals surface area contributed by atoms with Gasteiger partial charge in [-0.3, -0.25) is 0 Å². The lowest BCUT2D eigenvalue weighted by Crippen LogP contribution is -2.13. The standard InChI is InChI=1S/C16H9Cl2F3O2/c17-13-5-11-10-4-8(16(19,20)21)1-2-9(10)7(6-22)3-12(11)15(18)14(13)23-15/h1-5,14,22H,6H2. The summed E-state index contributed by atoms with van der Waals surface area (Å²) >= 11 is 12.5. The summed E-state index contributed by atoms with van der Waals surface area (Å²) < 4.78 is 44.5. The molecule has 2 aromatic rings. The van der Waals surface area contributed by atoms with Gasteiger partial charge in [-0.25, -0.2) is 0 Å². The SMILES string of the molecule is OCc1cc2c(c3cc(C(F)(F)F)ccc13)C=C(Cl)C1OC21Cl. The molecule has 0 aromatic heterocycles.